The fourth-order valence-corrected chi connectivity index (χ4v) is 2.07. The van der Waals surface area contributed by atoms with Crippen molar-refractivity contribution in [2.75, 3.05) is 0 Å². The minimum atomic E-state index is -0.101. The molecule has 0 radical (unpaired) electrons. The lowest BCUT2D eigenvalue weighted by Crippen LogP contribution is -2.22. The first-order valence-electron chi connectivity index (χ1n) is 3.75. The Morgan fingerprint density at radius 3 is 3.00 bits per heavy atom. The zero-order chi connectivity index (χ0) is 7.56. The molecule has 58 valence electrons. The number of hydrogen-bond acceptors (Lipinski definition) is 1. The standard InChI is InChI=1S/C8H13IO/c1-2-6-3-4-8(10)7(9)5-6/h5,7-8,10H,2-4H2,1H3/t7?,8-/m0/s1. The lowest BCUT2D eigenvalue weighted by Gasteiger charge is -2.21. The van der Waals surface area contributed by atoms with E-state index in [1.54, 1.807) is 0 Å². The third kappa shape index (κ3) is 1.95. The first kappa shape index (κ1) is 8.53. The molecule has 1 unspecified atom stereocenters. The van der Waals surface area contributed by atoms with Gasteiger partial charge >= 0.3 is 0 Å². The van der Waals surface area contributed by atoms with Crippen molar-refractivity contribution < 1.29 is 5.11 Å². The first-order valence-corrected chi connectivity index (χ1v) is 5.00. The van der Waals surface area contributed by atoms with Crippen LogP contribution in [0.3, 0.4) is 0 Å². The third-order valence-corrected chi connectivity index (χ3v) is 3.17. The molecule has 0 heterocycles. The first-order chi connectivity index (χ1) is 4.74. The summed E-state index contributed by atoms with van der Waals surface area (Å²) in [4.78, 5) is 0. The second-order valence-corrected chi connectivity index (χ2v) is 4.17. The molecule has 10 heavy (non-hydrogen) atoms. The fourth-order valence-electron chi connectivity index (χ4n) is 1.21. The molecule has 1 rings (SSSR count). The maximum Gasteiger partial charge on any atom is 0.0695 e. The summed E-state index contributed by atoms with van der Waals surface area (Å²) in [6.07, 6.45) is 5.29. The van der Waals surface area contributed by atoms with Crippen LogP contribution < -0.4 is 0 Å². The van der Waals surface area contributed by atoms with Gasteiger partial charge in [-0.3, -0.25) is 0 Å². The molecule has 0 aromatic heterocycles. The van der Waals surface area contributed by atoms with Gasteiger partial charge in [-0.15, -0.1) is 0 Å². The second kappa shape index (κ2) is 3.72. The van der Waals surface area contributed by atoms with Crippen molar-refractivity contribution >= 4 is 22.6 Å². The van der Waals surface area contributed by atoms with Crippen LogP contribution in [0.15, 0.2) is 11.6 Å². The number of halogens is 1. The lowest BCUT2D eigenvalue weighted by atomic mass is 9.96. The van der Waals surface area contributed by atoms with E-state index in [-0.39, 0.29) is 6.10 Å². The van der Waals surface area contributed by atoms with E-state index >= 15 is 0 Å². The van der Waals surface area contributed by atoms with E-state index in [4.69, 9.17) is 0 Å². The highest BCUT2D eigenvalue weighted by molar-refractivity contribution is 14.1. The van der Waals surface area contributed by atoms with Gasteiger partial charge in [0.2, 0.25) is 0 Å². The smallest absolute Gasteiger partial charge is 0.0695 e. The van der Waals surface area contributed by atoms with Gasteiger partial charge in [0.05, 0.1) is 10.0 Å². The monoisotopic (exact) mass is 252 g/mol. The maximum absolute atomic E-state index is 9.34. The number of allylic oxidation sites excluding steroid dienone is 1. The average molecular weight is 252 g/mol. The van der Waals surface area contributed by atoms with E-state index in [9.17, 15) is 5.11 Å². The summed E-state index contributed by atoms with van der Waals surface area (Å²) in [6.45, 7) is 2.17. The number of hydrogen-bond donors (Lipinski definition) is 1. The van der Waals surface area contributed by atoms with E-state index in [1.165, 1.54) is 5.57 Å². The zero-order valence-electron chi connectivity index (χ0n) is 6.18. The molecule has 0 aromatic carbocycles. The molecule has 0 bridgehead atoms. The maximum atomic E-state index is 9.34. The van der Waals surface area contributed by atoms with Gasteiger partial charge in [-0.25, -0.2) is 0 Å². The van der Waals surface area contributed by atoms with Gasteiger partial charge < -0.3 is 5.11 Å². The normalized spacial score (nSPS) is 33.7. The zero-order valence-corrected chi connectivity index (χ0v) is 8.34. The summed E-state index contributed by atoms with van der Waals surface area (Å²) < 4.78 is 0.348. The molecule has 0 spiro atoms. The van der Waals surface area contributed by atoms with Crippen LogP contribution in [0.2, 0.25) is 0 Å². The van der Waals surface area contributed by atoms with Crippen LogP contribution in [0, 0.1) is 0 Å². The summed E-state index contributed by atoms with van der Waals surface area (Å²) >= 11 is 2.29. The van der Waals surface area contributed by atoms with Crippen LogP contribution in [0.1, 0.15) is 26.2 Å². The van der Waals surface area contributed by atoms with Crippen molar-refractivity contribution in [2.24, 2.45) is 0 Å². The van der Waals surface area contributed by atoms with Crippen molar-refractivity contribution in [3.8, 4) is 0 Å². The van der Waals surface area contributed by atoms with Crippen LogP contribution >= 0.6 is 22.6 Å². The van der Waals surface area contributed by atoms with Crippen molar-refractivity contribution in [3.63, 3.8) is 0 Å². The molecule has 0 aliphatic heterocycles. The van der Waals surface area contributed by atoms with Crippen molar-refractivity contribution in [2.45, 2.75) is 36.2 Å². The molecule has 2 atom stereocenters. The second-order valence-electron chi connectivity index (χ2n) is 2.73. The molecule has 1 nitrogen and oxygen atoms in total. The van der Waals surface area contributed by atoms with Crippen LogP contribution in [0.5, 0.6) is 0 Å². The van der Waals surface area contributed by atoms with Crippen molar-refractivity contribution in [3.05, 3.63) is 11.6 Å². The van der Waals surface area contributed by atoms with Crippen LogP contribution in [0.4, 0.5) is 0 Å². The third-order valence-electron chi connectivity index (χ3n) is 1.98. The van der Waals surface area contributed by atoms with Gasteiger partial charge in [0, 0.05) is 0 Å². The Morgan fingerprint density at radius 1 is 1.80 bits per heavy atom. The predicted molar refractivity (Wildman–Crippen MR) is 51.4 cm³/mol. The number of rotatable bonds is 1. The van der Waals surface area contributed by atoms with Gasteiger partial charge in [-0.2, -0.15) is 0 Å². The Morgan fingerprint density at radius 2 is 2.50 bits per heavy atom. The molecule has 1 aliphatic rings. The molecule has 2 heteroatoms. The van der Waals surface area contributed by atoms with E-state index in [0.29, 0.717) is 3.92 Å². The van der Waals surface area contributed by atoms with E-state index in [0.717, 1.165) is 19.3 Å². The van der Waals surface area contributed by atoms with E-state index in [1.807, 2.05) is 0 Å². The van der Waals surface area contributed by atoms with Gasteiger partial charge in [-0.05, 0) is 19.3 Å². The Bertz CT molecular complexity index is 142. The van der Waals surface area contributed by atoms with E-state index < -0.39 is 0 Å². The number of alkyl halides is 1. The SMILES string of the molecule is CCC1=CC(I)[C@@H](O)CC1. The van der Waals surface area contributed by atoms with Crippen molar-refractivity contribution in [1.82, 2.24) is 0 Å². The summed E-state index contributed by atoms with van der Waals surface area (Å²) in [6, 6.07) is 0. The van der Waals surface area contributed by atoms with Gasteiger partial charge in [0.1, 0.15) is 0 Å². The number of aliphatic hydroxyl groups excluding tert-OH is 1. The van der Waals surface area contributed by atoms with Gasteiger partial charge in [0.25, 0.3) is 0 Å². The van der Waals surface area contributed by atoms with Crippen molar-refractivity contribution in [1.29, 1.82) is 0 Å². The Kier molecular flexibility index (Phi) is 3.17. The quantitative estimate of drug-likeness (QED) is 0.431. The van der Waals surface area contributed by atoms with Gasteiger partial charge in [0.15, 0.2) is 0 Å². The summed E-state index contributed by atoms with van der Waals surface area (Å²) in [5.41, 5.74) is 1.50. The Balaban J connectivity index is 2.56. The fraction of sp³-hybridized carbons (Fsp3) is 0.750. The largest absolute Gasteiger partial charge is 0.392 e. The van der Waals surface area contributed by atoms with Crippen LogP contribution in [-0.4, -0.2) is 15.1 Å². The topological polar surface area (TPSA) is 20.2 Å². The highest BCUT2D eigenvalue weighted by atomic mass is 127. The molecular weight excluding hydrogens is 239 g/mol. The summed E-state index contributed by atoms with van der Waals surface area (Å²) in [7, 11) is 0. The highest BCUT2D eigenvalue weighted by Gasteiger charge is 2.18. The van der Waals surface area contributed by atoms with Crippen LogP contribution in [0.25, 0.3) is 0 Å². The minimum absolute atomic E-state index is 0.101. The number of aliphatic hydroxyl groups is 1. The predicted octanol–water partition coefficient (Wildman–Crippen LogP) is 2.28. The Labute approximate surface area is 75.7 Å². The average Bonchev–Trinajstić information content (AvgIpc) is 1.95. The van der Waals surface area contributed by atoms with Crippen LogP contribution in [-0.2, 0) is 0 Å². The molecule has 1 N–H and O–H groups in total. The molecular formula is C8H13IO. The van der Waals surface area contributed by atoms with E-state index in [2.05, 4.69) is 35.6 Å². The molecule has 0 fully saturated rings. The molecule has 0 aromatic rings. The minimum Gasteiger partial charge on any atom is -0.392 e. The molecule has 0 saturated carbocycles. The molecule has 0 saturated heterocycles. The van der Waals surface area contributed by atoms with Gasteiger partial charge in [-0.1, -0.05) is 41.2 Å². The molecule has 0 amide bonds. The lowest BCUT2D eigenvalue weighted by molar-refractivity contribution is 0.171. The Hall–Kier alpha value is 0.430. The summed E-state index contributed by atoms with van der Waals surface area (Å²) in [5.74, 6) is 0. The highest BCUT2D eigenvalue weighted by Crippen LogP contribution is 2.25. The molecule has 1 aliphatic carbocycles. The summed E-state index contributed by atoms with van der Waals surface area (Å²) in [5, 5.41) is 9.34.